The lowest BCUT2D eigenvalue weighted by molar-refractivity contribution is -0.138. The summed E-state index contributed by atoms with van der Waals surface area (Å²) in [4.78, 5) is 12.5. The fraction of sp³-hybridized carbons (Fsp3) is 0.417. The molecule has 0 bridgehead atoms. The van der Waals surface area contributed by atoms with Gasteiger partial charge in [-0.2, -0.15) is 0 Å². The van der Waals surface area contributed by atoms with Crippen molar-refractivity contribution in [2.75, 3.05) is 13.2 Å². The van der Waals surface area contributed by atoms with Crippen LogP contribution in [-0.2, 0) is 16.1 Å². The Morgan fingerprint density at radius 1 is 1.62 bits per heavy atom. The van der Waals surface area contributed by atoms with Crippen LogP contribution in [0.2, 0.25) is 0 Å². The van der Waals surface area contributed by atoms with E-state index >= 15 is 0 Å². The Morgan fingerprint density at radius 3 is 2.94 bits per heavy atom. The topological polar surface area (TPSA) is 38.3 Å². The quantitative estimate of drug-likeness (QED) is 0.611. The van der Waals surface area contributed by atoms with E-state index in [1.807, 2.05) is 0 Å². The molecule has 0 saturated carbocycles. The van der Waals surface area contributed by atoms with Crippen LogP contribution in [0.1, 0.15) is 17.4 Å². The zero-order chi connectivity index (χ0) is 12.0. The second kappa shape index (κ2) is 6.45. The van der Waals surface area contributed by atoms with Crippen molar-refractivity contribution in [3.8, 4) is 0 Å². The van der Waals surface area contributed by atoms with Crippen LogP contribution in [-0.4, -0.2) is 19.1 Å². The third-order valence-corrected chi connectivity index (χ3v) is 3.18. The van der Waals surface area contributed by atoms with E-state index in [0.717, 1.165) is 6.54 Å². The molecule has 3 nitrogen and oxygen atoms in total. The number of nitrogens with one attached hydrogen (secondary N) is 1. The number of ether oxygens (including phenoxy) is 1. The zero-order valence-electron chi connectivity index (χ0n) is 9.71. The number of carbonyl (C=O) groups excluding carboxylic acids is 1. The molecule has 4 heteroatoms. The lowest BCUT2D eigenvalue weighted by Gasteiger charge is -2.06. The SMILES string of the molecule is C=C(CNCc1sccc1C)C(=O)OCC. The van der Waals surface area contributed by atoms with Crippen molar-refractivity contribution >= 4 is 17.3 Å². The van der Waals surface area contributed by atoms with Gasteiger partial charge in [0, 0.05) is 23.5 Å². The number of hydrogen-bond donors (Lipinski definition) is 1. The van der Waals surface area contributed by atoms with Gasteiger partial charge < -0.3 is 10.1 Å². The minimum absolute atomic E-state index is 0.321. The van der Waals surface area contributed by atoms with Gasteiger partial charge in [0.1, 0.15) is 0 Å². The van der Waals surface area contributed by atoms with E-state index in [0.29, 0.717) is 18.7 Å². The molecule has 0 radical (unpaired) electrons. The van der Waals surface area contributed by atoms with E-state index in [9.17, 15) is 4.79 Å². The predicted molar refractivity (Wildman–Crippen MR) is 66.5 cm³/mol. The summed E-state index contributed by atoms with van der Waals surface area (Å²) < 4.78 is 4.84. The molecule has 1 heterocycles. The molecular weight excluding hydrogens is 222 g/mol. The maximum Gasteiger partial charge on any atom is 0.334 e. The van der Waals surface area contributed by atoms with Gasteiger partial charge in [-0.05, 0) is 30.9 Å². The van der Waals surface area contributed by atoms with Crippen LogP contribution in [0.4, 0.5) is 0 Å². The number of rotatable bonds is 6. The molecule has 1 N–H and O–H groups in total. The minimum atomic E-state index is -0.321. The molecule has 0 saturated heterocycles. The van der Waals surface area contributed by atoms with E-state index in [2.05, 4.69) is 30.3 Å². The molecule has 1 rings (SSSR count). The summed E-state index contributed by atoms with van der Waals surface area (Å²) in [6.45, 7) is 9.17. The second-order valence-corrected chi connectivity index (χ2v) is 4.46. The summed E-state index contributed by atoms with van der Waals surface area (Å²) in [7, 11) is 0. The summed E-state index contributed by atoms with van der Waals surface area (Å²) in [6.07, 6.45) is 0. The lowest BCUT2D eigenvalue weighted by Crippen LogP contribution is -2.21. The molecule has 0 aliphatic heterocycles. The summed E-state index contributed by atoms with van der Waals surface area (Å²) in [5, 5.41) is 5.24. The van der Waals surface area contributed by atoms with Crippen LogP contribution in [0.15, 0.2) is 23.6 Å². The smallest absolute Gasteiger partial charge is 0.334 e. The van der Waals surface area contributed by atoms with E-state index in [1.165, 1.54) is 10.4 Å². The van der Waals surface area contributed by atoms with Crippen molar-refractivity contribution in [2.24, 2.45) is 0 Å². The third kappa shape index (κ3) is 3.79. The molecule has 1 aromatic rings. The average Bonchev–Trinajstić information content (AvgIpc) is 2.65. The Balaban J connectivity index is 2.28. The Bertz CT molecular complexity index is 371. The van der Waals surface area contributed by atoms with Gasteiger partial charge in [0.25, 0.3) is 0 Å². The summed E-state index contributed by atoms with van der Waals surface area (Å²) in [6, 6.07) is 2.09. The lowest BCUT2D eigenvalue weighted by atomic mass is 10.2. The monoisotopic (exact) mass is 239 g/mol. The van der Waals surface area contributed by atoms with Crippen LogP contribution in [0.25, 0.3) is 0 Å². The van der Waals surface area contributed by atoms with E-state index < -0.39 is 0 Å². The molecule has 0 aliphatic carbocycles. The highest BCUT2D eigenvalue weighted by Crippen LogP contribution is 2.14. The maximum absolute atomic E-state index is 11.2. The van der Waals surface area contributed by atoms with Crippen molar-refractivity contribution in [1.29, 1.82) is 0 Å². The highest BCUT2D eigenvalue weighted by Gasteiger charge is 2.07. The summed E-state index contributed by atoms with van der Waals surface area (Å²) >= 11 is 1.71. The molecule has 0 amide bonds. The molecule has 16 heavy (non-hydrogen) atoms. The van der Waals surface area contributed by atoms with Gasteiger partial charge in [0.15, 0.2) is 0 Å². The molecule has 0 unspecified atom stereocenters. The molecule has 0 spiro atoms. The first-order valence-electron chi connectivity index (χ1n) is 5.23. The largest absolute Gasteiger partial charge is 0.463 e. The number of aryl methyl sites for hydroxylation is 1. The molecule has 0 aromatic carbocycles. The number of thiophene rings is 1. The third-order valence-electron chi connectivity index (χ3n) is 2.16. The highest BCUT2D eigenvalue weighted by atomic mass is 32.1. The molecule has 1 aromatic heterocycles. The van der Waals surface area contributed by atoms with E-state index in [1.54, 1.807) is 18.3 Å². The van der Waals surface area contributed by atoms with E-state index in [4.69, 9.17) is 4.74 Å². The second-order valence-electron chi connectivity index (χ2n) is 3.45. The first-order valence-corrected chi connectivity index (χ1v) is 6.11. The van der Waals surface area contributed by atoms with Crippen molar-refractivity contribution in [2.45, 2.75) is 20.4 Å². The molecular formula is C12H17NO2S. The first kappa shape index (κ1) is 12.9. The van der Waals surface area contributed by atoms with Gasteiger partial charge in [-0.1, -0.05) is 6.58 Å². The van der Waals surface area contributed by atoms with Crippen LogP contribution < -0.4 is 5.32 Å². The maximum atomic E-state index is 11.2. The molecule has 0 aliphatic rings. The van der Waals surface area contributed by atoms with Crippen molar-refractivity contribution < 1.29 is 9.53 Å². The number of hydrogen-bond acceptors (Lipinski definition) is 4. The van der Waals surface area contributed by atoms with Crippen molar-refractivity contribution in [1.82, 2.24) is 5.32 Å². The predicted octanol–water partition coefficient (Wildman–Crippen LogP) is 2.27. The van der Waals surface area contributed by atoms with Crippen molar-refractivity contribution in [3.63, 3.8) is 0 Å². The molecule has 0 fully saturated rings. The highest BCUT2D eigenvalue weighted by molar-refractivity contribution is 7.10. The molecule has 0 atom stereocenters. The van der Waals surface area contributed by atoms with Crippen molar-refractivity contribution in [3.05, 3.63) is 34.0 Å². The van der Waals surface area contributed by atoms with Gasteiger partial charge >= 0.3 is 5.97 Å². The Labute approximate surface area is 100 Å². The Kier molecular flexibility index (Phi) is 5.22. The van der Waals surface area contributed by atoms with Gasteiger partial charge in [0.05, 0.1) is 6.61 Å². The fourth-order valence-electron chi connectivity index (χ4n) is 1.22. The van der Waals surface area contributed by atoms with E-state index in [-0.39, 0.29) is 5.97 Å². The summed E-state index contributed by atoms with van der Waals surface area (Å²) in [5.41, 5.74) is 1.75. The normalized spacial score (nSPS) is 10.1. The average molecular weight is 239 g/mol. The van der Waals surface area contributed by atoms with Crippen LogP contribution >= 0.6 is 11.3 Å². The molecule has 88 valence electrons. The van der Waals surface area contributed by atoms with Crippen LogP contribution in [0, 0.1) is 6.92 Å². The Morgan fingerprint density at radius 2 is 2.38 bits per heavy atom. The fourth-order valence-corrected chi connectivity index (χ4v) is 2.09. The van der Waals surface area contributed by atoms with Gasteiger partial charge in [-0.25, -0.2) is 4.79 Å². The Hall–Kier alpha value is -1.13. The van der Waals surface area contributed by atoms with Gasteiger partial charge in [-0.15, -0.1) is 11.3 Å². The zero-order valence-corrected chi connectivity index (χ0v) is 10.5. The van der Waals surface area contributed by atoms with Gasteiger partial charge in [-0.3, -0.25) is 0 Å². The number of esters is 1. The standard InChI is InChI=1S/C12H17NO2S/c1-4-15-12(14)10(3)7-13-8-11-9(2)5-6-16-11/h5-6,13H,3-4,7-8H2,1-2H3. The van der Waals surface area contributed by atoms with Gasteiger partial charge in [0.2, 0.25) is 0 Å². The number of carbonyl (C=O) groups is 1. The minimum Gasteiger partial charge on any atom is -0.463 e. The van der Waals surface area contributed by atoms with Crippen LogP contribution in [0.3, 0.4) is 0 Å². The van der Waals surface area contributed by atoms with Crippen LogP contribution in [0.5, 0.6) is 0 Å². The summed E-state index contributed by atoms with van der Waals surface area (Å²) in [5.74, 6) is -0.321. The first-order chi connectivity index (χ1) is 7.65.